The Morgan fingerprint density at radius 1 is 1.32 bits per heavy atom. The summed E-state index contributed by atoms with van der Waals surface area (Å²) in [6.45, 7) is 2.34. The monoisotopic (exact) mass is 260 g/mol. The number of hydrogen-bond acceptors (Lipinski definition) is 4. The van der Waals surface area contributed by atoms with Gasteiger partial charge in [0.1, 0.15) is 6.54 Å². The summed E-state index contributed by atoms with van der Waals surface area (Å²) in [5, 5.41) is 8.70. The van der Waals surface area contributed by atoms with Crippen LogP contribution < -0.4 is 0 Å². The minimum Gasteiger partial charge on any atom is -0.468 e. The number of methoxy groups -OCH3 is 1. The van der Waals surface area contributed by atoms with Crippen molar-refractivity contribution in [1.82, 2.24) is 4.90 Å². The van der Waals surface area contributed by atoms with Crippen LogP contribution in [0.15, 0.2) is 24.3 Å². The van der Waals surface area contributed by atoms with Gasteiger partial charge < -0.3 is 9.64 Å². The fourth-order valence-electron chi connectivity index (χ4n) is 1.61. The van der Waals surface area contributed by atoms with Crippen LogP contribution in [0.1, 0.15) is 29.3 Å². The third kappa shape index (κ3) is 4.11. The summed E-state index contributed by atoms with van der Waals surface area (Å²) in [6.07, 6.45) is 0.749. The zero-order valence-electron chi connectivity index (χ0n) is 11.0. The number of esters is 1. The Morgan fingerprint density at radius 2 is 1.95 bits per heavy atom. The van der Waals surface area contributed by atoms with Crippen molar-refractivity contribution in [2.24, 2.45) is 0 Å². The first-order valence-electron chi connectivity index (χ1n) is 5.98. The highest BCUT2D eigenvalue weighted by molar-refractivity contribution is 5.96. The summed E-state index contributed by atoms with van der Waals surface area (Å²) in [6, 6.07) is 8.32. The maximum atomic E-state index is 12.2. The van der Waals surface area contributed by atoms with Crippen molar-refractivity contribution >= 4 is 11.9 Å². The van der Waals surface area contributed by atoms with E-state index in [-0.39, 0.29) is 12.5 Å². The van der Waals surface area contributed by atoms with Gasteiger partial charge in [-0.15, -0.1) is 0 Å². The van der Waals surface area contributed by atoms with E-state index in [1.165, 1.54) is 12.0 Å². The quantitative estimate of drug-likeness (QED) is 0.754. The van der Waals surface area contributed by atoms with Gasteiger partial charge >= 0.3 is 5.97 Å². The second kappa shape index (κ2) is 7.17. The fourth-order valence-corrected chi connectivity index (χ4v) is 1.61. The molecule has 0 radical (unpaired) electrons. The predicted molar refractivity (Wildman–Crippen MR) is 69.4 cm³/mol. The van der Waals surface area contributed by atoms with E-state index in [4.69, 9.17) is 5.26 Å². The van der Waals surface area contributed by atoms with Crippen LogP contribution in [-0.2, 0) is 9.53 Å². The SMILES string of the molecule is CCCN(CC(=O)OC)C(=O)c1ccc(C#N)cc1. The molecule has 1 amide bonds. The van der Waals surface area contributed by atoms with Gasteiger partial charge in [0.05, 0.1) is 18.7 Å². The van der Waals surface area contributed by atoms with Gasteiger partial charge in [0.2, 0.25) is 0 Å². The Bertz CT molecular complexity index is 488. The summed E-state index contributed by atoms with van der Waals surface area (Å²) in [7, 11) is 1.29. The van der Waals surface area contributed by atoms with Crippen LogP contribution in [0.2, 0.25) is 0 Å². The highest BCUT2D eigenvalue weighted by Crippen LogP contribution is 2.08. The molecule has 0 heterocycles. The normalized spacial score (nSPS) is 9.53. The Balaban J connectivity index is 2.85. The lowest BCUT2D eigenvalue weighted by molar-refractivity contribution is -0.141. The zero-order chi connectivity index (χ0) is 14.3. The second-order valence-electron chi connectivity index (χ2n) is 3.99. The minimum absolute atomic E-state index is 0.0663. The first kappa shape index (κ1) is 14.7. The van der Waals surface area contributed by atoms with Crippen LogP contribution in [0.25, 0.3) is 0 Å². The van der Waals surface area contributed by atoms with Gasteiger partial charge in [-0.1, -0.05) is 6.92 Å². The molecule has 19 heavy (non-hydrogen) atoms. The van der Waals surface area contributed by atoms with Crippen LogP contribution >= 0.6 is 0 Å². The van der Waals surface area contributed by atoms with E-state index < -0.39 is 5.97 Å². The van der Waals surface area contributed by atoms with Gasteiger partial charge in [-0.25, -0.2) is 0 Å². The molecule has 0 fully saturated rings. The molecule has 0 bridgehead atoms. The third-order valence-electron chi connectivity index (χ3n) is 2.59. The minimum atomic E-state index is -0.449. The molecule has 0 saturated carbocycles. The molecule has 0 N–H and O–H groups in total. The fraction of sp³-hybridized carbons (Fsp3) is 0.357. The van der Waals surface area contributed by atoms with Crippen LogP contribution in [0.4, 0.5) is 0 Å². The van der Waals surface area contributed by atoms with Gasteiger partial charge in [0.25, 0.3) is 5.91 Å². The lowest BCUT2D eigenvalue weighted by Gasteiger charge is -2.20. The van der Waals surface area contributed by atoms with Gasteiger partial charge in [-0.3, -0.25) is 9.59 Å². The van der Waals surface area contributed by atoms with E-state index in [1.807, 2.05) is 13.0 Å². The summed E-state index contributed by atoms with van der Waals surface area (Å²) in [5.74, 6) is -0.688. The van der Waals surface area contributed by atoms with Gasteiger partial charge in [0.15, 0.2) is 0 Å². The molecule has 1 aromatic rings. The molecule has 0 unspecified atom stereocenters. The average Bonchev–Trinajstić information content (AvgIpc) is 2.46. The summed E-state index contributed by atoms with van der Waals surface area (Å²) in [4.78, 5) is 24.9. The Kier molecular flexibility index (Phi) is 5.55. The van der Waals surface area contributed by atoms with Crippen molar-refractivity contribution in [3.8, 4) is 6.07 Å². The van der Waals surface area contributed by atoms with E-state index in [9.17, 15) is 9.59 Å². The maximum absolute atomic E-state index is 12.2. The van der Waals surface area contributed by atoms with Crippen molar-refractivity contribution in [1.29, 1.82) is 5.26 Å². The molecule has 1 rings (SSSR count). The Labute approximate surface area is 112 Å². The molecule has 0 saturated heterocycles. The molecule has 0 aliphatic heterocycles. The summed E-state index contributed by atoms with van der Waals surface area (Å²) in [5.41, 5.74) is 0.947. The molecule has 0 aliphatic carbocycles. The van der Waals surface area contributed by atoms with E-state index in [0.29, 0.717) is 17.7 Å². The van der Waals surface area contributed by atoms with E-state index in [1.54, 1.807) is 24.3 Å². The number of carbonyl (C=O) groups excluding carboxylic acids is 2. The van der Waals surface area contributed by atoms with Crippen LogP contribution in [0, 0.1) is 11.3 Å². The number of hydrogen-bond donors (Lipinski definition) is 0. The lowest BCUT2D eigenvalue weighted by atomic mass is 10.1. The number of benzene rings is 1. The van der Waals surface area contributed by atoms with Gasteiger partial charge in [-0.05, 0) is 30.7 Å². The number of carbonyl (C=O) groups is 2. The first-order valence-corrected chi connectivity index (χ1v) is 5.98. The molecule has 0 spiro atoms. The van der Waals surface area contributed by atoms with Gasteiger partial charge in [-0.2, -0.15) is 5.26 Å². The molecule has 5 heteroatoms. The highest BCUT2D eigenvalue weighted by Gasteiger charge is 2.18. The molecule has 100 valence electrons. The second-order valence-corrected chi connectivity index (χ2v) is 3.99. The molecule has 5 nitrogen and oxygen atoms in total. The number of nitrogens with zero attached hydrogens (tertiary/aromatic N) is 2. The average molecular weight is 260 g/mol. The van der Waals surface area contributed by atoms with E-state index in [2.05, 4.69) is 4.74 Å². The molecular formula is C14H16N2O3. The lowest BCUT2D eigenvalue weighted by Crippen LogP contribution is -2.36. The van der Waals surface area contributed by atoms with Crippen molar-refractivity contribution in [2.45, 2.75) is 13.3 Å². The van der Waals surface area contributed by atoms with E-state index >= 15 is 0 Å². The maximum Gasteiger partial charge on any atom is 0.325 e. The van der Waals surface area contributed by atoms with Crippen molar-refractivity contribution < 1.29 is 14.3 Å². The van der Waals surface area contributed by atoms with Crippen LogP contribution in [0.3, 0.4) is 0 Å². The standard InChI is InChI=1S/C14H16N2O3/c1-3-8-16(10-13(17)19-2)14(18)12-6-4-11(9-15)5-7-12/h4-7H,3,8,10H2,1-2H3. The summed E-state index contributed by atoms with van der Waals surface area (Å²) >= 11 is 0. The number of nitriles is 1. The topological polar surface area (TPSA) is 70.4 Å². The first-order chi connectivity index (χ1) is 9.12. The van der Waals surface area contributed by atoms with Crippen LogP contribution in [0.5, 0.6) is 0 Å². The molecular weight excluding hydrogens is 244 g/mol. The summed E-state index contributed by atoms with van der Waals surface area (Å²) < 4.78 is 4.57. The Morgan fingerprint density at radius 3 is 2.42 bits per heavy atom. The molecule has 0 atom stereocenters. The largest absolute Gasteiger partial charge is 0.468 e. The Hall–Kier alpha value is -2.35. The molecule has 1 aromatic carbocycles. The van der Waals surface area contributed by atoms with Crippen molar-refractivity contribution in [3.05, 3.63) is 35.4 Å². The third-order valence-corrected chi connectivity index (χ3v) is 2.59. The smallest absolute Gasteiger partial charge is 0.325 e. The zero-order valence-corrected chi connectivity index (χ0v) is 11.0. The number of rotatable bonds is 5. The number of ether oxygens (including phenoxy) is 1. The van der Waals surface area contributed by atoms with Gasteiger partial charge in [0, 0.05) is 12.1 Å². The number of amides is 1. The highest BCUT2D eigenvalue weighted by atomic mass is 16.5. The predicted octanol–water partition coefficient (Wildman–Crippen LogP) is 1.58. The molecule has 0 aliphatic rings. The van der Waals surface area contributed by atoms with Crippen LogP contribution in [-0.4, -0.2) is 37.0 Å². The van der Waals surface area contributed by atoms with Crippen molar-refractivity contribution in [2.75, 3.05) is 20.2 Å². The van der Waals surface area contributed by atoms with Crippen molar-refractivity contribution in [3.63, 3.8) is 0 Å². The molecule has 0 aromatic heterocycles. The van der Waals surface area contributed by atoms with E-state index in [0.717, 1.165) is 6.42 Å².